The minimum absolute atomic E-state index is 0.715. The molecule has 0 N–H and O–H groups in total. The molecule has 13 heavy (non-hydrogen) atoms. The van der Waals surface area contributed by atoms with Crippen molar-refractivity contribution in [3.05, 3.63) is 11.6 Å². The minimum Gasteiger partial charge on any atom is -0.380 e. The van der Waals surface area contributed by atoms with Crippen LogP contribution in [0.2, 0.25) is 0 Å². The molecule has 0 aromatic rings. The third-order valence-electron chi connectivity index (χ3n) is 2.13. The Morgan fingerprint density at radius 1 is 1.69 bits per heavy atom. The topological polar surface area (TPSA) is 29.5 Å². The Bertz CT molecular complexity index is 216. The second-order valence-electron chi connectivity index (χ2n) is 3.04. The largest absolute Gasteiger partial charge is 0.380 e. The van der Waals surface area contributed by atoms with Crippen LogP contribution in [0.4, 0.5) is 0 Å². The van der Waals surface area contributed by atoms with Crippen LogP contribution in [0.15, 0.2) is 11.6 Å². The van der Waals surface area contributed by atoms with Crippen molar-refractivity contribution in [2.45, 2.75) is 13.3 Å². The zero-order valence-corrected chi connectivity index (χ0v) is 9.10. The predicted octanol–water partition coefficient (Wildman–Crippen LogP) is 0.949. The zero-order chi connectivity index (χ0) is 9.68. The van der Waals surface area contributed by atoms with Crippen molar-refractivity contribution in [1.29, 1.82) is 0 Å². The average molecular weight is 203 g/mol. The highest BCUT2D eigenvalue weighted by molar-refractivity contribution is 7.82. The molecule has 0 aliphatic carbocycles. The molecule has 3 nitrogen and oxygen atoms in total. The Hall–Kier alpha value is -0.190. The van der Waals surface area contributed by atoms with Crippen LogP contribution >= 0.6 is 0 Å². The van der Waals surface area contributed by atoms with Crippen LogP contribution in [-0.4, -0.2) is 41.1 Å². The van der Waals surface area contributed by atoms with E-state index in [1.165, 1.54) is 5.57 Å². The van der Waals surface area contributed by atoms with Crippen molar-refractivity contribution >= 4 is 11.0 Å². The molecular weight excluding hydrogens is 186 g/mol. The number of nitrogens with zero attached hydrogens (tertiary/aromatic N) is 1. The molecule has 76 valence electrons. The molecule has 1 aliphatic rings. The first kappa shape index (κ1) is 10.9. The number of rotatable bonds is 4. The lowest BCUT2D eigenvalue weighted by Gasteiger charge is -2.24. The Kier molecular flexibility index (Phi) is 4.62. The van der Waals surface area contributed by atoms with Gasteiger partial charge in [-0.25, -0.2) is 8.51 Å². The average Bonchev–Trinajstić information content (AvgIpc) is 2.18. The van der Waals surface area contributed by atoms with Crippen molar-refractivity contribution in [3.63, 3.8) is 0 Å². The molecule has 0 saturated heterocycles. The van der Waals surface area contributed by atoms with Crippen LogP contribution in [0.5, 0.6) is 0 Å². The van der Waals surface area contributed by atoms with Gasteiger partial charge in [0.15, 0.2) is 0 Å². The summed E-state index contributed by atoms with van der Waals surface area (Å²) in [7, 11) is 0.921. The number of ether oxygens (including phenoxy) is 1. The lowest BCUT2D eigenvalue weighted by atomic mass is 10.1. The fraction of sp³-hybridized carbons (Fsp3) is 0.778. The van der Waals surface area contributed by atoms with Crippen molar-refractivity contribution in [1.82, 2.24) is 4.31 Å². The van der Waals surface area contributed by atoms with Crippen molar-refractivity contribution in [3.8, 4) is 0 Å². The molecular formula is C9H17NO2S. The Balaban J connectivity index is 2.41. The van der Waals surface area contributed by atoms with E-state index >= 15 is 0 Å². The van der Waals surface area contributed by atoms with E-state index in [1.807, 2.05) is 11.2 Å². The summed E-state index contributed by atoms with van der Waals surface area (Å²) in [4.78, 5) is 0. The van der Waals surface area contributed by atoms with Gasteiger partial charge in [-0.3, -0.25) is 0 Å². The smallest absolute Gasteiger partial charge is 0.0942 e. The van der Waals surface area contributed by atoms with Crippen LogP contribution in [0.25, 0.3) is 0 Å². The van der Waals surface area contributed by atoms with Gasteiger partial charge in [-0.2, -0.15) is 0 Å². The van der Waals surface area contributed by atoms with Gasteiger partial charge in [0.1, 0.15) is 0 Å². The van der Waals surface area contributed by atoms with E-state index in [0.29, 0.717) is 12.4 Å². The van der Waals surface area contributed by atoms with E-state index in [-0.39, 0.29) is 0 Å². The standard InChI is InChI=1S/C9H17NO2S/c1-3-13(11)10-6-4-9(5-7-10)8-12-2/h4H,3,5-8H2,1-2H3. The van der Waals surface area contributed by atoms with Crippen LogP contribution in [-0.2, 0) is 15.7 Å². The molecule has 1 rings (SSSR count). The molecule has 0 amide bonds. The van der Waals surface area contributed by atoms with Crippen molar-refractivity contribution in [2.24, 2.45) is 0 Å². The van der Waals surface area contributed by atoms with Gasteiger partial charge in [0.25, 0.3) is 0 Å². The first-order valence-electron chi connectivity index (χ1n) is 4.58. The quantitative estimate of drug-likeness (QED) is 0.637. The Morgan fingerprint density at radius 3 is 2.92 bits per heavy atom. The van der Waals surface area contributed by atoms with E-state index in [0.717, 1.165) is 19.5 Å². The number of methoxy groups -OCH3 is 1. The third-order valence-corrected chi connectivity index (χ3v) is 3.53. The molecule has 0 aromatic heterocycles. The van der Waals surface area contributed by atoms with E-state index < -0.39 is 11.0 Å². The lowest BCUT2D eigenvalue weighted by Crippen LogP contribution is -2.32. The summed E-state index contributed by atoms with van der Waals surface area (Å²) in [5.41, 5.74) is 1.33. The molecule has 0 bridgehead atoms. The van der Waals surface area contributed by atoms with Gasteiger partial charge < -0.3 is 4.74 Å². The summed E-state index contributed by atoms with van der Waals surface area (Å²) in [5.74, 6) is 0.716. The number of hydrogen-bond donors (Lipinski definition) is 0. The van der Waals surface area contributed by atoms with Gasteiger partial charge in [0.05, 0.1) is 17.6 Å². The second-order valence-corrected chi connectivity index (χ2v) is 4.78. The Labute approximate surface area is 82.3 Å². The summed E-state index contributed by atoms with van der Waals surface area (Å²) < 4.78 is 18.4. The molecule has 0 saturated carbocycles. The minimum atomic E-state index is -0.784. The lowest BCUT2D eigenvalue weighted by molar-refractivity contribution is 0.219. The molecule has 1 unspecified atom stereocenters. The molecule has 1 heterocycles. The molecule has 0 aromatic carbocycles. The second kappa shape index (κ2) is 5.52. The first-order chi connectivity index (χ1) is 6.27. The Morgan fingerprint density at radius 2 is 2.46 bits per heavy atom. The number of hydrogen-bond acceptors (Lipinski definition) is 2. The maximum atomic E-state index is 11.4. The van der Waals surface area contributed by atoms with E-state index in [1.54, 1.807) is 7.11 Å². The molecule has 0 fully saturated rings. The van der Waals surface area contributed by atoms with Crippen LogP contribution < -0.4 is 0 Å². The molecule has 4 heteroatoms. The normalized spacial score (nSPS) is 21.2. The van der Waals surface area contributed by atoms with Crippen LogP contribution in [0.3, 0.4) is 0 Å². The monoisotopic (exact) mass is 203 g/mol. The highest BCUT2D eigenvalue weighted by Gasteiger charge is 2.15. The van der Waals surface area contributed by atoms with Gasteiger partial charge in [0, 0.05) is 26.0 Å². The zero-order valence-electron chi connectivity index (χ0n) is 8.28. The van der Waals surface area contributed by atoms with Gasteiger partial charge in [-0.15, -0.1) is 0 Å². The maximum Gasteiger partial charge on any atom is 0.0942 e. The first-order valence-corrected chi connectivity index (χ1v) is 5.85. The molecule has 0 radical (unpaired) electrons. The molecule has 1 aliphatic heterocycles. The van der Waals surface area contributed by atoms with Crippen LogP contribution in [0.1, 0.15) is 13.3 Å². The van der Waals surface area contributed by atoms with Crippen molar-refractivity contribution in [2.75, 3.05) is 32.6 Å². The van der Waals surface area contributed by atoms with E-state index in [9.17, 15) is 4.21 Å². The van der Waals surface area contributed by atoms with Gasteiger partial charge in [0.2, 0.25) is 0 Å². The summed E-state index contributed by atoms with van der Waals surface area (Å²) in [6.45, 7) is 4.37. The fourth-order valence-corrected chi connectivity index (χ4v) is 2.28. The van der Waals surface area contributed by atoms with Gasteiger partial charge >= 0.3 is 0 Å². The predicted molar refractivity (Wildman–Crippen MR) is 54.8 cm³/mol. The van der Waals surface area contributed by atoms with Gasteiger partial charge in [-0.05, 0) is 12.0 Å². The summed E-state index contributed by atoms with van der Waals surface area (Å²) in [6, 6.07) is 0. The van der Waals surface area contributed by atoms with Crippen LogP contribution in [0, 0.1) is 0 Å². The highest BCUT2D eigenvalue weighted by Crippen LogP contribution is 2.12. The molecule has 0 spiro atoms. The van der Waals surface area contributed by atoms with E-state index in [4.69, 9.17) is 4.74 Å². The highest BCUT2D eigenvalue weighted by atomic mass is 32.2. The summed E-state index contributed by atoms with van der Waals surface area (Å²) in [5, 5.41) is 0. The molecule has 1 atom stereocenters. The van der Waals surface area contributed by atoms with Crippen molar-refractivity contribution < 1.29 is 8.95 Å². The summed E-state index contributed by atoms with van der Waals surface area (Å²) in [6.07, 6.45) is 3.11. The SMILES string of the molecule is CCS(=O)N1CC=C(COC)CC1. The maximum absolute atomic E-state index is 11.4. The van der Waals surface area contributed by atoms with Gasteiger partial charge in [-0.1, -0.05) is 13.0 Å². The summed E-state index contributed by atoms with van der Waals surface area (Å²) >= 11 is 0. The third kappa shape index (κ3) is 3.21. The fourth-order valence-electron chi connectivity index (χ4n) is 1.38. The van der Waals surface area contributed by atoms with E-state index in [2.05, 4.69) is 6.08 Å².